The fourth-order valence-electron chi connectivity index (χ4n) is 2.43. The van der Waals surface area contributed by atoms with Crippen LogP contribution in [-0.4, -0.2) is 36.6 Å². The number of likely N-dealkylation sites (tertiary alicyclic amines) is 1. The van der Waals surface area contributed by atoms with Crippen molar-refractivity contribution in [1.82, 2.24) is 4.90 Å². The molecule has 4 nitrogen and oxygen atoms in total. The highest BCUT2D eigenvalue weighted by Crippen LogP contribution is 2.20. The molecule has 2 atom stereocenters. The number of benzene rings is 1. The van der Waals surface area contributed by atoms with Crippen LogP contribution in [0.4, 0.5) is 0 Å². The maximum Gasteiger partial charge on any atom is 0.323 e. The Hall–Kier alpha value is -1.39. The van der Waals surface area contributed by atoms with Gasteiger partial charge in [-0.2, -0.15) is 0 Å². The Morgan fingerprint density at radius 1 is 1.44 bits per heavy atom. The van der Waals surface area contributed by atoms with Gasteiger partial charge in [0.1, 0.15) is 6.04 Å². The third kappa shape index (κ3) is 3.09. The fraction of sp³-hybridized carbons (Fsp3) is 0.500. The third-order valence-corrected chi connectivity index (χ3v) is 3.46. The largest absolute Gasteiger partial charge is 0.468 e. The van der Waals surface area contributed by atoms with Gasteiger partial charge in [-0.25, -0.2) is 0 Å². The molecule has 0 aliphatic carbocycles. The first-order chi connectivity index (χ1) is 8.70. The number of hydrogen-bond donors (Lipinski definition) is 1. The molecule has 0 bridgehead atoms. The van der Waals surface area contributed by atoms with Crippen LogP contribution in [0, 0.1) is 0 Å². The predicted octanol–water partition coefficient (Wildman–Crippen LogP) is 1.15. The standard InChI is InChI=1S/C14H20N2O2/c1-18-14(17)13-9-12(15)7-8-16(13)10-11-5-3-2-4-6-11/h2-6,12-13H,7-10,15H2,1H3/t12-,13+/m1/s1. The van der Waals surface area contributed by atoms with Crippen molar-refractivity contribution in [2.75, 3.05) is 13.7 Å². The van der Waals surface area contributed by atoms with Crippen molar-refractivity contribution in [3.05, 3.63) is 35.9 Å². The highest BCUT2D eigenvalue weighted by molar-refractivity contribution is 5.75. The lowest BCUT2D eigenvalue weighted by Crippen LogP contribution is -2.50. The molecule has 1 aliphatic heterocycles. The Morgan fingerprint density at radius 3 is 2.83 bits per heavy atom. The summed E-state index contributed by atoms with van der Waals surface area (Å²) in [6.45, 7) is 1.61. The van der Waals surface area contributed by atoms with Crippen molar-refractivity contribution in [3.8, 4) is 0 Å². The highest BCUT2D eigenvalue weighted by Gasteiger charge is 2.32. The Balaban J connectivity index is 2.07. The molecule has 0 saturated carbocycles. The molecule has 0 radical (unpaired) electrons. The van der Waals surface area contributed by atoms with E-state index in [0.717, 1.165) is 19.5 Å². The summed E-state index contributed by atoms with van der Waals surface area (Å²) in [6, 6.07) is 10.1. The van der Waals surface area contributed by atoms with E-state index in [2.05, 4.69) is 17.0 Å². The first-order valence-corrected chi connectivity index (χ1v) is 6.32. The van der Waals surface area contributed by atoms with E-state index in [4.69, 9.17) is 10.5 Å². The quantitative estimate of drug-likeness (QED) is 0.815. The van der Waals surface area contributed by atoms with Crippen LogP contribution in [0.25, 0.3) is 0 Å². The molecule has 1 aromatic rings. The van der Waals surface area contributed by atoms with Crippen LogP contribution in [0.5, 0.6) is 0 Å². The summed E-state index contributed by atoms with van der Waals surface area (Å²) < 4.78 is 4.87. The molecule has 0 spiro atoms. The van der Waals surface area contributed by atoms with Gasteiger partial charge in [0.15, 0.2) is 0 Å². The van der Waals surface area contributed by atoms with Gasteiger partial charge in [0, 0.05) is 19.1 Å². The van der Waals surface area contributed by atoms with E-state index < -0.39 is 0 Å². The number of rotatable bonds is 3. The van der Waals surface area contributed by atoms with Crippen molar-refractivity contribution < 1.29 is 9.53 Å². The molecule has 0 unspecified atom stereocenters. The van der Waals surface area contributed by atoms with Crippen molar-refractivity contribution >= 4 is 5.97 Å². The van der Waals surface area contributed by atoms with E-state index in [0.29, 0.717) is 6.42 Å². The van der Waals surface area contributed by atoms with Crippen LogP contribution in [-0.2, 0) is 16.1 Å². The topological polar surface area (TPSA) is 55.6 Å². The average Bonchev–Trinajstić information content (AvgIpc) is 2.41. The van der Waals surface area contributed by atoms with Crippen molar-refractivity contribution in [2.24, 2.45) is 5.73 Å². The van der Waals surface area contributed by atoms with Gasteiger partial charge in [-0.05, 0) is 18.4 Å². The zero-order valence-corrected chi connectivity index (χ0v) is 10.7. The van der Waals surface area contributed by atoms with Gasteiger partial charge >= 0.3 is 5.97 Å². The smallest absolute Gasteiger partial charge is 0.323 e. The lowest BCUT2D eigenvalue weighted by Gasteiger charge is -2.36. The van der Waals surface area contributed by atoms with E-state index in [1.807, 2.05) is 18.2 Å². The summed E-state index contributed by atoms with van der Waals surface area (Å²) in [7, 11) is 1.43. The Bertz CT molecular complexity index is 394. The van der Waals surface area contributed by atoms with E-state index >= 15 is 0 Å². The molecule has 98 valence electrons. The maximum atomic E-state index is 11.8. The maximum absolute atomic E-state index is 11.8. The zero-order valence-electron chi connectivity index (χ0n) is 10.7. The number of piperidine rings is 1. The Morgan fingerprint density at radius 2 is 2.17 bits per heavy atom. The minimum Gasteiger partial charge on any atom is -0.468 e. The van der Waals surface area contributed by atoms with Gasteiger partial charge in [-0.3, -0.25) is 9.69 Å². The predicted molar refractivity (Wildman–Crippen MR) is 69.9 cm³/mol. The van der Waals surface area contributed by atoms with Crippen LogP contribution < -0.4 is 5.73 Å². The summed E-state index contributed by atoms with van der Waals surface area (Å²) in [5.74, 6) is -0.180. The normalized spacial score (nSPS) is 24.8. The summed E-state index contributed by atoms with van der Waals surface area (Å²) in [5, 5.41) is 0. The van der Waals surface area contributed by atoms with Crippen molar-refractivity contribution in [3.63, 3.8) is 0 Å². The van der Waals surface area contributed by atoms with Crippen LogP contribution in [0.2, 0.25) is 0 Å². The number of nitrogens with zero attached hydrogens (tertiary/aromatic N) is 1. The van der Waals surface area contributed by atoms with E-state index in [1.54, 1.807) is 0 Å². The molecule has 0 amide bonds. The number of hydrogen-bond acceptors (Lipinski definition) is 4. The minimum atomic E-state index is -0.209. The van der Waals surface area contributed by atoms with Gasteiger partial charge in [-0.15, -0.1) is 0 Å². The van der Waals surface area contributed by atoms with Crippen molar-refractivity contribution in [1.29, 1.82) is 0 Å². The zero-order chi connectivity index (χ0) is 13.0. The Kier molecular flexibility index (Phi) is 4.33. The molecule has 2 rings (SSSR count). The molecule has 4 heteroatoms. The molecule has 1 aliphatic rings. The molecule has 0 aromatic heterocycles. The number of methoxy groups -OCH3 is 1. The van der Waals surface area contributed by atoms with Crippen LogP contribution >= 0.6 is 0 Å². The fourth-order valence-corrected chi connectivity index (χ4v) is 2.43. The van der Waals surface area contributed by atoms with E-state index in [9.17, 15) is 4.79 Å². The number of carbonyl (C=O) groups is 1. The second-order valence-electron chi connectivity index (χ2n) is 4.78. The van der Waals surface area contributed by atoms with Crippen LogP contribution in [0.1, 0.15) is 18.4 Å². The van der Waals surface area contributed by atoms with Gasteiger partial charge in [0.2, 0.25) is 0 Å². The van der Waals surface area contributed by atoms with Gasteiger partial charge in [-0.1, -0.05) is 30.3 Å². The first kappa shape index (κ1) is 13.1. The summed E-state index contributed by atoms with van der Waals surface area (Å²) >= 11 is 0. The summed E-state index contributed by atoms with van der Waals surface area (Å²) in [6.07, 6.45) is 1.61. The SMILES string of the molecule is COC(=O)[C@@H]1C[C@H](N)CCN1Cc1ccccc1. The summed E-state index contributed by atoms with van der Waals surface area (Å²) in [5.41, 5.74) is 7.15. The monoisotopic (exact) mass is 248 g/mol. The molecule has 1 fully saturated rings. The average molecular weight is 248 g/mol. The van der Waals surface area contributed by atoms with Crippen molar-refractivity contribution in [2.45, 2.75) is 31.5 Å². The summed E-state index contributed by atoms with van der Waals surface area (Å²) in [4.78, 5) is 14.0. The van der Waals surface area contributed by atoms with Gasteiger partial charge < -0.3 is 10.5 Å². The molecule has 1 saturated heterocycles. The van der Waals surface area contributed by atoms with E-state index in [1.165, 1.54) is 12.7 Å². The van der Waals surface area contributed by atoms with Crippen LogP contribution in [0.3, 0.4) is 0 Å². The minimum absolute atomic E-state index is 0.0983. The van der Waals surface area contributed by atoms with E-state index in [-0.39, 0.29) is 18.1 Å². The third-order valence-electron chi connectivity index (χ3n) is 3.46. The van der Waals surface area contributed by atoms with Gasteiger partial charge in [0.25, 0.3) is 0 Å². The molecular weight excluding hydrogens is 228 g/mol. The lowest BCUT2D eigenvalue weighted by atomic mass is 9.97. The molecule has 18 heavy (non-hydrogen) atoms. The number of nitrogens with two attached hydrogens (primary N) is 1. The first-order valence-electron chi connectivity index (χ1n) is 6.32. The molecule has 2 N–H and O–H groups in total. The van der Waals surface area contributed by atoms with Crippen LogP contribution in [0.15, 0.2) is 30.3 Å². The number of ether oxygens (including phenoxy) is 1. The second-order valence-corrected chi connectivity index (χ2v) is 4.78. The molecule has 1 aromatic carbocycles. The number of carbonyl (C=O) groups excluding carboxylic acids is 1. The molecular formula is C14H20N2O2. The number of esters is 1. The van der Waals surface area contributed by atoms with Gasteiger partial charge in [0.05, 0.1) is 7.11 Å². The molecule has 1 heterocycles. The second kappa shape index (κ2) is 5.98. The highest BCUT2D eigenvalue weighted by atomic mass is 16.5. The Labute approximate surface area is 108 Å². The lowest BCUT2D eigenvalue weighted by molar-refractivity contribution is -0.148.